The van der Waals surface area contributed by atoms with Crippen LogP contribution in [0.2, 0.25) is 0 Å². The van der Waals surface area contributed by atoms with Crippen LogP contribution in [-0.2, 0) is 6.54 Å². The number of anilines is 1. The monoisotopic (exact) mass is 438 g/mol. The fourth-order valence-electron chi connectivity index (χ4n) is 3.50. The molecule has 0 unspecified atom stereocenters. The van der Waals surface area contributed by atoms with E-state index in [0.29, 0.717) is 39.8 Å². The molecule has 0 radical (unpaired) electrons. The number of fused-ring (bicyclic) bond motifs is 1. The Morgan fingerprint density at radius 3 is 2.85 bits per heavy atom. The molecule has 0 fully saturated rings. The number of H-pyrrole nitrogens is 1. The Kier molecular flexibility index (Phi) is 5.04. The quantitative estimate of drug-likeness (QED) is 0.432. The number of aromatic nitrogens is 6. The number of amides is 1. The number of hydrogen-bond acceptors (Lipinski definition) is 6. The Balaban J connectivity index is 1.35. The molecular weight excluding hydrogens is 423 g/mol. The summed E-state index contributed by atoms with van der Waals surface area (Å²) in [5.74, 6) is -1.01. The summed E-state index contributed by atoms with van der Waals surface area (Å²) in [4.78, 5) is 20.6. The van der Waals surface area contributed by atoms with Gasteiger partial charge in [0.15, 0.2) is 5.69 Å². The van der Waals surface area contributed by atoms with Gasteiger partial charge < -0.3 is 5.32 Å². The summed E-state index contributed by atoms with van der Waals surface area (Å²) in [7, 11) is 0. The van der Waals surface area contributed by atoms with Crippen molar-refractivity contribution in [1.29, 1.82) is 5.26 Å². The van der Waals surface area contributed by atoms with E-state index < -0.39 is 11.7 Å². The summed E-state index contributed by atoms with van der Waals surface area (Å²) in [5.41, 5.74) is 3.33. The van der Waals surface area contributed by atoms with Crippen molar-refractivity contribution >= 4 is 22.5 Å². The highest BCUT2D eigenvalue weighted by Crippen LogP contribution is 2.28. The van der Waals surface area contributed by atoms with Gasteiger partial charge in [-0.25, -0.2) is 14.4 Å². The van der Waals surface area contributed by atoms with Gasteiger partial charge >= 0.3 is 0 Å². The first kappa shape index (κ1) is 20.0. The average molecular weight is 438 g/mol. The van der Waals surface area contributed by atoms with Crippen LogP contribution in [-0.4, -0.2) is 35.9 Å². The highest BCUT2D eigenvalue weighted by molar-refractivity contribution is 6.11. The molecule has 10 heteroatoms. The van der Waals surface area contributed by atoms with Crippen LogP contribution in [0.5, 0.6) is 0 Å². The number of carbonyl (C=O) groups is 1. The fraction of sp³-hybridized carbons (Fsp3) is 0.0435. The largest absolute Gasteiger partial charge is 0.318 e. The van der Waals surface area contributed by atoms with Crippen molar-refractivity contribution in [2.24, 2.45) is 0 Å². The average Bonchev–Trinajstić information content (AvgIpc) is 3.45. The predicted molar refractivity (Wildman–Crippen MR) is 118 cm³/mol. The van der Waals surface area contributed by atoms with Crippen molar-refractivity contribution in [1.82, 2.24) is 29.9 Å². The van der Waals surface area contributed by atoms with Gasteiger partial charge in [0.2, 0.25) is 0 Å². The number of halogens is 1. The molecule has 0 aliphatic rings. The van der Waals surface area contributed by atoms with Crippen LogP contribution in [0, 0.1) is 17.1 Å². The smallest absolute Gasteiger partial charge is 0.276 e. The minimum Gasteiger partial charge on any atom is -0.318 e. The molecule has 33 heavy (non-hydrogen) atoms. The summed E-state index contributed by atoms with van der Waals surface area (Å²) >= 11 is 0. The molecular formula is C23H15FN8O. The van der Waals surface area contributed by atoms with Crippen molar-refractivity contribution in [2.75, 3.05) is 5.32 Å². The second-order valence-electron chi connectivity index (χ2n) is 7.27. The third-order valence-corrected chi connectivity index (χ3v) is 5.03. The molecule has 2 N–H and O–H groups in total. The Morgan fingerprint density at radius 2 is 2.03 bits per heavy atom. The van der Waals surface area contributed by atoms with E-state index in [1.807, 2.05) is 6.07 Å². The van der Waals surface area contributed by atoms with E-state index in [9.17, 15) is 9.18 Å². The number of nitrogens with zero attached hydrogens (tertiary/aromatic N) is 6. The lowest BCUT2D eigenvalue weighted by atomic mass is 10.1. The van der Waals surface area contributed by atoms with Gasteiger partial charge in [-0.2, -0.15) is 15.5 Å². The van der Waals surface area contributed by atoms with Gasteiger partial charge in [-0.05, 0) is 29.8 Å². The topological polar surface area (TPSA) is 125 Å². The van der Waals surface area contributed by atoms with E-state index in [0.717, 1.165) is 5.56 Å². The lowest BCUT2D eigenvalue weighted by Crippen LogP contribution is -2.12. The molecule has 0 atom stereocenters. The molecule has 9 nitrogen and oxygen atoms in total. The third kappa shape index (κ3) is 4.03. The van der Waals surface area contributed by atoms with Crippen LogP contribution in [0.3, 0.4) is 0 Å². The second-order valence-corrected chi connectivity index (χ2v) is 7.27. The van der Waals surface area contributed by atoms with E-state index in [2.05, 4.69) is 36.7 Å². The maximum atomic E-state index is 14.8. The number of benzene rings is 2. The van der Waals surface area contributed by atoms with Crippen molar-refractivity contribution in [3.05, 3.63) is 90.2 Å². The Morgan fingerprint density at radius 1 is 1.18 bits per heavy atom. The van der Waals surface area contributed by atoms with Gasteiger partial charge in [-0.15, -0.1) is 0 Å². The SMILES string of the molecule is N#Cc1cccc(Cn2cc(NC(=O)c3n[nH]c4cc(-c5cncnc5)c(F)cc34)cn2)c1. The van der Waals surface area contributed by atoms with E-state index >= 15 is 0 Å². The molecule has 1 amide bonds. The first-order valence-corrected chi connectivity index (χ1v) is 9.86. The minimum absolute atomic E-state index is 0.0641. The molecule has 5 rings (SSSR count). The predicted octanol–water partition coefficient (Wildman–Crippen LogP) is 3.53. The van der Waals surface area contributed by atoms with Crippen LogP contribution in [0.4, 0.5) is 10.1 Å². The molecule has 0 aliphatic heterocycles. The van der Waals surface area contributed by atoms with E-state index in [1.54, 1.807) is 35.1 Å². The molecule has 0 spiro atoms. The summed E-state index contributed by atoms with van der Waals surface area (Å²) in [6.45, 7) is 0.438. The summed E-state index contributed by atoms with van der Waals surface area (Å²) in [6.07, 6.45) is 7.56. The summed E-state index contributed by atoms with van der Waals surface area (Å²) in [6, 6.07) is 12.1. The third-order valence-electron chi connectivity index (χ3n) is 5.03. The van der Waals surface area contributed by atoms with Gasteiger partial charge in [0.25, 0.3) is 5.91 Å². The van der Waals surface area contributed by atoms with Crippen LogP contribution in [0.1, 0.15) is 21.6 Å². The highest BCUT2D eigenvalue weighted by atomic mass is 19.1. The van der Waals surface area contributed by atoms with Crippen molar-refractivity contribution < 1.29 is 9.18 Å². The molecule has 0 saturated carbocycles. The molecule has 5 aromatic rings. The first-order valence-electron chi connectivity index (χ1n) is 9.86. The van der Waals surface area contributed by atoms with Crippen LogP contribution >= 0.6 is 0 Å². The number of nitriles is 1. The molecule has 0 aliphatic carbocycles. The normalized spacial score (nSPS) is 10.8. The Bertz CT molecular complexity index is 1520. The maximum Gasteiger partial charge on any atom is 0.276 e. The molecule has 2 aromatic carbocycles. The maximum absolute atomic E-state index is 14.8. The standard InChI is InChI=1S/C23H15FN8O/c24-20-5-19-21(6-18(20)16-8-26-13-27-9-16)30-31-22(19)23(33)29-17-10-28-32(12-17)11-15-3-1-2-14(4-15)7-25/h1-6,8-10,12-13H,11H2,(H,29,33)(H,30,31). The van der Waals surface area contributed by atoms with Crippen molar-refractivity contribution in [2.45, 2.75) is 6.54 Å². The number of nitrogens with one attached hydrogen (secondary N) is 2. The summed E-state index contributed by atoms with van der Waals surface area (Å²) in [5, 5.41) is 23.2. The van der Waals surface area contributed by atoms with Crippen molar-refractivity contribution in [3.8, 4) is 17.2 Å². The molecule has 3 aromatic heterocycles. The van der Waals surface area contributed by atoms with E-state index in [4.69, 9.17) is 5.26 Å². The minimum atomic E-state index is -0.514. The van der Waals surface area contributed by atoms with E-state index in [-0.39, 0.29) is 5.69 Å². The van der Waals surface area contributed by atoms with Gasteiger partial charge in [0.1, 0.15) is 12.1 Å². The zero-order valence-electron chi connectivity index (χ0n) is 17.0. The Labute approximate surface area is 186 Å². The van der Waals surface area contributed by atoms with Gasteiger partial charge in [-0.3, -0.25) is 14.6 Å². The fourth-order valence-corrected chi connectivity index (χ4v) is 3.50. The Hall–Kier alpha value is -4.91. The van der Waals surface area contributed by atoms with Gasteiger partial charge in [0, 0.05) is 35.1 Å². The van der Waals surface area contributed by atoms with Crippen molar-refractivity contribution in [3.63, 3.8) is 0 Å². The zero-order chi connectivity index (χ0) is 22.8. The number of aromatic amines is 1. The zero-order valence-corrected chi connectivity index (χ0v) is 17.0. The molecule has 3 heterocycles. The lowest BCUT2D eigenvalue weighted by molar-refractivity contribution is 0.102. The van der Waals surface area contributed by atoms with Crippen LogP contribution in [0.25, 0.3) is 22.0 Å². The summed E-state index contributed by atoms with van der Waals surface area (Å²) < 4.78 is 16.4. The highest BCUT2D eigenvalue weighted by Gasteiger charge is 2.18. The van der Waals surface area contributed by atoms with Gasteiger partial charge in [-0.1, -0.05) is 12.1 Å². The number of rotatable bonds is 5. The molecule has 0 saturated heterocycles. The number of hydrogen-bond donors (Lipinski definition) is 2. The number of carbonyl (C=O) groups excluding carboxylic acids is 1. The van der Waals surface area contributed by atoms with E-state index in [1.165, 1.54) is 31.0 Å². The molecule has 0 bridgehead atoms. The van der Waals surface area contributed by atoms with Crippen LogP contribution in [0.15, 0.2) is 67.5 Å². The van der Waals surface area contributed by atoms with Gasteiger partial charge in [0.05, 0.1) is 35.6 Å². The first-order chi connectivity index (χ1) is 16.1. The molecule has 160 valence electrons. The lowest BCUT2D eigenvalue weighted by Gasteiger charge is -2.04. The van der Waals surface area contributed by atoms with Crippen LogP contribution < -0.4 is 5.32 Å². The second kappa shape index (κ2) is 8.32.